The molecule has 3 aromatic rings. The molecule has 2 aliphatic rings. The van der Waals surface area contributed by atoms with E-state index in [2.05, 4.69) is 96.3 Å². The lowest BCUT2D eigenvalue weighted by molar-refractivity contribution is 0.629. The largest absolute Gasteiger partial charge is 0.255 e. The van der Waals surface area contributed by atoms with Gasteiger partial charge in [-0.25, -0.2) is 0 Å². The molecule has 0 spiro atoms. The number of fused-ring (bicyclic) bond motifs is 1. The van der Waals surface area contributed by atoms with Crippen molar-refractivity contribution in [3.05, 3.63) is 102 Å². The topological polar surface area (TPSA) is 3.24 Å². The summed E-state index contributed by atoms with van der Waals surface area (Å²) in [6, 6.07) is 32.2. The van der Waals surface area contributed by atoms with E-state index in [0.29, 0.717) is 11.3 Å². The maximum Gasteiger partial charge on any atom is 0.0183 e. The normalized spacial score (nSPS) is 25.1. The van der Waals surface area contributed by atoms with Gasteiger partial charge in [0, 0.05) is 25.9 Å². The van der Waals surface area contributed by atoms with Gasteiger partial charge >= 0.3 is 0 Å². The number of hydrogen-bond acceptors (Lipinski definition) is 1. The van der Waals surface area contributed by atoms with E-state index in [-0.39, 0.29) is 16.1 Å². The minimum Gasteiger partial charge on any atom is -0.255 e. The number of aryl methyl sites for hydroxylation is 1. The van der Waals surface area contributed by atoms with Crippen molar-refractivity contribution >= 4 is 21.4 Å². The summed E-state index contributed by atoms with van der Waals surface area (Å²) in [5.74, 6) is 0. The van der Waals surface area contributed by atoms with Gasteiger partial charge in [-0.05, 0) is 61.9 Å². The summed E-state index contributed by atoms with van der Waals surface area (Å²) < 4.78 is 3.07. The Kier molecular flexibility index (Phi) is 6.85. The van der Waals surface area contributed by atoms with E-state index in [1.54, 1.807) is 22.0 Å². The van der Waals surface area contributed by atoms with Crippen molar-refractivity contribution < 1.29 is 0 Å². The lowest BCUT2D eigenvalue weighted by Gasteiger charge is -2.41. The maximum atomic E-state index is 3.07. The summed E-state index contributed by atoms with van der Waals surface area (Å²) >= 11 is 0. The van der Waals surface area contributed by atoms with E-state index in [0.717, 1.165) is 0 Å². The van der Waals surface area contributed by atoms with Crippen LogP contribution in [0.4, 0.5) is 0 Å². The van der Waals surface area contributed by atoms with E-state index >= 15 is 0 Å². The summed E-state index contributed by atoms with van der Waals surface area (Å²) in [5.41, 5.74) is 6.12. The first-order valence-corrected chi connectivity index (χ1v) is 14.8. The molecule has 1 saturated heterocycles. The molecular formula is C28H33NP2. The first-order valence-electron chi connectivity index (χ1n) is 11.9. The van der Waals surface area contributed by atoms with Crippen LogP contribution in [0, 0.1) is 0 Å². The summed E-state index contributed by atoms with van der Waals surface area (Å²) in [6.45, 7) is 3.61. The number of hydrogen-bond donors (Lipinski definition) is 0. The van der Waals surface area contributed by atoms with Gasteiger partial charge in [-0.2, -0.15) is 0 Å². The van der Waals surface area contributed by atoms with Crippen molar-refractivity contribution in [3.8, 4) is 0 Å². The molecule has 4 atom stereocenters. The Labute approximate surface area is 190 Å². The molecule has 3 unspecified atom stereocenters. The first kappa shape index (κ1) is 21.3. The van der Waals surface area contributed by atoms with Crippen molar-refractivity contribution in [2.24, 2.45) is 0 Å². The van der Waals surface area contributed by atoms with Crippen LogP contribution in [0.3, 0.4) is 0 Å². The van der Waals surface area contributed by atoms with Crippen molar-refractivity contribution in [3.63, 3.8) is 0 Å². The summed E-state index contributed by atoms with van der Waals surface area (Å²) in [7, 11) is -0.492. The highest BCUT2D eigenvalue weighted by Gasteiger charge is 2.44. The molecular weight excluding hydrogens is 412 g/mol. The molecule has 0 bridgehead atoms. The second kappa shape index (κ2) is 9.95. The lowest BCUT2D eigenvalue weighted by atomic mass is 10.0. The summed E-state index contributed by atoms with van der Waals surface area (Å²) in [6.07, 6.45) is 7.84. The van der Waals surface area contributed by atoms with Crippen molar-refractivity contribution in [2.45, 2.75) is 50.3 Å². The lowest BCUT2D eigenvalue weighted by Crippen LogP contribution is -2.22. The van der Waals surface area contributed by atoms with Crippen LogP contribution in [0.1, 0.15) is 60.6 Å². The van der Waals surface area contributed by atoms with Crippen molar-refractivity contribution in [1.29, 1.82) is 0 Å². The Balaban J connectivity index is 1.57. The quantitative estimate of drug-likeness (QED) is 0.333. The molecule has 1 fully saturated rings. The second-order valence-corrected chi connectivity index (χ2v) is 13.8. The van der Waals surface area contributed by atoms with Crippen LogP contribution < -0.4 is 5.30 Å². The molecule has 2 aliphatic heterocycles. The molecule has 1 nitrogen and oxygen atoms in total. The van der Waals surface area contributed by atoms with Gasteiger partial charge in [-0.3, -0.25) is 4.44 Å². The molecule has 31 heavy (non-hydrogen) atoms. The van der Waals surface area contributed by atoms with E-state index in [1.807, 2.05) is 0 Å². The molecule has 0 aromatic heterocycles. The molecule has 2 heterocycles. The van der Waals surface area contributed by atoms with Gasteiger partial charge in [0.05, 0.1) is 0 Å². The molecule has 5 rings (SSSR count). The molecule has 3 aromatic carbocycles. The van der Waals surface area contributed by atoms with Crippen LogP contribution in [0.15, 0.2) is 84.9 Å². The predicted octanol–water partition coefficient (Wildman–Crippen LogP) is 8.04. The van der Waals surface area contributed by atoms with Gasteiger partial charge in [-0.15, -0.1) is 0 Å². The fourth-order valence-corrected chi connectivity index (χ4v) is 13.2. The fraction of sp³-hybridized carbons (Fsp3) is 0.357. The second-order valence-electron chi connectivity index (χ2n) is 8.76. The Bertz CT molecular complexity index is 927. The van der Waals surface area contributed by atoms with Crippen LogP contribution >= 0.6 is 16.1 Å². The standard InChI is InChI=1S/C28H33NP2/c1-2-3-21-29(30-22-20-25-16-10-11-17-26(25)30)31-27(23-12-6-4-7-13-23)18-19-28(31)24-14-8-5-9-15-24/h4-17,27-28H,2-3,18-22H2,1H3/t27-,28?,30?,31?/m0/s1. The summed E-state index contributed by atoms with van der Waals surface area (Å²) in [5, 5.41) is 1.67. The van der Waals surface area contributed by atoms with Gasteiger partial charge in [0.2, 0.25) is 0 Å². The average molecular weight is 446 g/mol. The molecule has 160 valence electrons. The predicted molar refractivity (Wildman–Crippen MR) is 138 cm³/mol. The Hall–Kier alpha value is -1.52. The Morgan fingerprint density at radius 1 is 0.774 bits per heavy atom. The monoisotopic (exact) mass is 445 g/mol. The average Bonchev–Trinajstić information content (AvgIpc) is 3.46. The van der Waals surface area contributed by atoms with Gasteiger partial charge < -0.3 is 0 Å². The highest BCUT2D eigenvalue weighted by molar-refractivity contribution is 7.75. The first-order chi connectivity index (χ1) is 15.4. The third-order valence-corrected chi connectivity index (χ3v) is 13.6. The van der Waals surface area contributed by atoms with Crippen LogP contribution in [0.2, 0.25) is 0 Å². The van der Waals surface area contributed by atoms with Crippen molar-refractivity contribution in [2.75, 3.05) is 12.7 Å². The van der Waals surface area contributed by atoms with Crippen LogP contribution in [-0.4, -0.2) is 17.1 Å². The fourth-order valence-electron chi connectivity index (χ4n) is 5.33. The van der Waals surface area contributed by atoms with Gasteiger partial charge in [0.1, 0.15) is 0 Å². The molecule has 0 aliphatic carbocycles. The third-order valence-electron chi connectivity index (χ3n) is 6.84. The van der Waals surface area contributed by atoms with Crippen LogP contribution in [0.5, 0.6) is 0 Å². The van der Waals surface area contributed by atoms with E-state index in [1.165, 1.54) is 44.8 Å². The summed E-state index contributed by atoms with van der Waals surface area (Å²) in [4.78, 5) is 0. The minimum absolute atomic E-state index is 0.219. The number of unbranched alkanes of at least 4 members (excludes halogenated alkanes) is 1. The van der Waals surface area contributed by atoms with E-state index in [9.17, 15) is 0 Å². The van der Waals surface area contributed by atoms with E-state index < -0.39 is 0 Å². The number of nitrogens with zero attached hydrogens (tertiary/aromatic N) is 1. The zero-order valence-corrected chi connectivity index (χ0v) is 20.3. The zero-order valence-electron chi connectivity index (χ0n) is 18.5. The third kappa shape index (κ3) is 4.39. The Morgan fingerprint density at radius 2 is 1.35 bits per heavy atom. The molecule has 0 radical (unpaired) electrons. The maximum absolute atomic E-state index is 3.07. The SMILES string of the molecule is CCCCN(P1CCc2ccccc21)P1C(c2ccccc2)CC[C@H]1c1ccccc1. The highest BCUT2D eigenvalue weighted by atomic mass is 31.2. The van der Waals surface area contributed by atoms with Gasteiger partial charge in [0.15, 0.2) is 0 Å². The zero-order chi connectivity index (χ0) is 21.0. The molecule has 0 amide bonds. The number of rotatable bonds is 7. The highest BCUT2D eigenvalue weighted by Crippen LogP contribution is 2.76. The van der Waals surface area contributed by atoms with Crippen molar-refractivity contribution in [1.82, 2.24) is 4.44 Å². The smallest absolute Gasteiger partial charge is 0.0183 e. The Morgan fingerprint density at radius 3 is 1.97 bits per heavy atom. The minimum atomic E-state index is -0.273. The molecule has 3 heteroatoms. The van der Waals surface area contributed by atoms with E-state index in [4.69, 9.17) is 0 Å². The van der Waals surface area contributed by atoms with Crippen LogP contribution in [-0.2, 0) is 6.42 Å². The van der Waals surface area contributed by atoms with Crippen LogP contribution in [0.25, 0.3) is 0 Å². The van der Waals surface area contributed by atoms with Gasteiger partial charge in [0.25, 0.3) is 0 Å². The van der Waals surface area contributed by atoms with Gasteiger partial charge in [-0.1, -0.05) is 98.3 Å². The molecule has 0 saturated carbocycles. The molecule has 0 N–H and O–H groups in total. The number of benzene rings is 3.